The van der Waals surface area contributed by atoms with Crippen LogP contribution in [0.25, 0.3) is 0 Å². The number of benzene rings is 1. The van der Waals surface area contributed by atoms with E-state index in [-0.39, 0.29) is 30.3 Å². The van der Waals surface area contributed by atoms with Gasteiger partial charge in [-0.2, -0.15) is 0 Å². The van der Waals surface area contributed by atoms with Gasteiger partial charge in [-0.15, -0.1) is 5.10 Å². The van der Waals surface area contributed by atoms with Crippen molar-refractivity contribution in [2.24, 2.45) is 0 Å². The highest BCUT2D eigenvalue weighted by Crippen LogP contribution is 2.28. The Balaban J connectivity index is 1.62. The highest BCUT2D eigenvalue weighted by Gasteiger charge is 2.34. The van der Waals surface area contributed by atoms with Crippen LogP contribution in [0, 0.1) is 0 Å². The van der Waals surface area contributed by atoms with Gasteiger partial charge >= 0.3 is 5.97 Å². The molecule has 1 aromatic carbocycles. The molecule has 0 N–H and O–H groups in total. The minimum absolute atomic E-state index is 0.0865. The van der Waals surface area contributed by atoms with Gasteiger partial charge < -0.3 is 9.47 Å². The normalized spacial score (nSPS) is 21.3. The van der Waals surface area contributed by atoms with Crippen LogP contribution in [-0.4, -0.2) is 39.3 Å². The lowest BCUT2D eigenvalue weighted by atomic mass is 9.92. The van der Waals surface area contributed by atoms with Gasteiger partial charge in [-0.1, -0.05) is 35.5 Å². The first-order chi connectivity index (χ1) is 11.5. The van der Waals surface area contributed by atoms with Crippen molar-refractivity contribution < 1.29 is 14.3 Å². The fourth-order valence-corrected chi connectivity index (χ4v) is 2.87. The van der Waals surface area contributed by atoms with Crippen LogP contribution in [0.3, 0.4) is 0 Å². The van der Waals surface area contributed by atoms with Crippen LogP contribution in [0.5, 0.6) is 0 Å². The van der Waals surface area contributed by atoms with Gasteiger partial charge in [0.2, 0.25) is 0 Å². The highest BCUT2D eigenvalue weighted by atomic mass is 16.6. The Morgan fingerprint density at radius 1 is 1.17 bits per heavy atom. The van der Waals surface area contributed by atoms with Crippen LogP contribution >= 0.6 is 0 Å². The monoisotopic (exact) mass is 329 g/mol. The third kappa shape index (κ3) is 3.64. The van der Waals surface area contributed by atoms with Crippen molar-refractivity contribution in [3.05, 3.63) is 47.8 Å². The van der Waals surface area contributed by atoms with E-state index in [2.05, 4.69) is 10.3 Å². The maximum Gasteiger partial charge on any atom is 0.358 e. The number of hydrogen-bond acceptors (Lipinski definition) is 5. The average Bonchev–Trinajstić information content (AvgIpc) is 3.02. The number of rotatable bonds is 6. The van der Waals surface area contributed by atoms with Gasteiger partial charge in [0.05, 0.1) is 24.4 Å². The molecular weight excluding hydrogens is 306 g/mol. The second-order valence-corrected chi connectivity index (χ2v) is 6.46. The number of carbonyl (C=O) groups excluding carboxylic acids is 1. The summed E-state index contributed by atoms with van der Waals surface area (Å²) in [6.07, 6.45) is 3.26. The second-order valence-electron chi connectivity index (χ2n) is 6.46. The van der Waals surface area contributed by atoms with E-state index in [1.165, 1.54) is 6.20 Å². The Labute approximate surface area is 141 Å². The van der Waals surface area contributed by atoms with Gasteiger partial charge in [-0.05, 0) is 26.3 Å². The first kappa shape index (κ1) is 16.6. The van der Waals surface area contributed by atoms with E-state index in [1.807, 2.05) is 51.1 Å². The summed E-state index contributed by atoms with van der Waals surface area (Å²) in [6, 6.07) is 9.80. The van der Waals surface area contributed by atoms with Gasteiger partial charge in [-0.25, -0.2) is 9.48 Å². The van der Waals surface area contributed by atoms with Gasteiger partial charge in [0.15, 0.2) is 5.69 Å². The summed E-state index contributed by atoms with van der Waals surface area (Å²) in [7, 11) is 0. The minimum Gasteiger partial charge on any atom is -0.457 e. The molecular formula is C18H23N3O3. The van der Waals surface area contributed by atoms with Crippen LogP contribution in [-0.2, 0) is 9.47 Å². The topological polar surface area (TPSA) is 66.2 Å². The van der Waals surface area contributed by atoms with Crippen molar-refractivity contribution in [2.45, 2.75) is 58.0 Å². The molecule has 1 aromatic heterocycles. The van der Waals surface area contributed by atoms with Gasteiger partial charge in [0.25, 0.3) is 0 Å². The van der Waals surface area contributed by atoms with E-state index in [0.717, 1.165) is 18.4 Å². The lowest BCUT2D eigenvalue weighted by Crippen LogP contribution is -2.40. The fourth-order valence-electron chi connectivity index (χ4n) is 2.87. The molecule has 6 nitrogen and oxygen atoms in total. The Morgan fingerprint density at radius 3 is 2.54 bits per heavy atom. The van der Waals surface area contributed by atoms with Crippen molar-refractivity contribution in [3.8, 4) is 0 Å². The summed E-state index contributed by atoms with van der Waals surface area (Å²) in [5, 5.41) is 7.94. The van der Waals surface area contributed by atoms with Gasteiger partial charge in [0, 0.05) is 12.8 Å². The summed E-state index contributed by atoms with van der Waals surface area (Å²) < 4.78 is 12.8. The minimum atomic E-state index is -0.379. The van der Waals surface area contributed by atoms with E-state index in [1.54, 1.807) is 4.68 Å². The SMILES string of the molecule is CC(C)OC1CC(OC(=O)c2cnnn2[C@H](C)c2ccccc2)C1. The molecule has 3 rings (SSSR count). The molecule has 1 fully saturated rings. The van der Waals surface area contributed by atoms with Crippen molar-refractivity contribution in [1.29, 1.82) is 0 Å². The van der Waals surface area contributed by atoms with Crippen LogP contribution < -0.4 is 0 Å². The zero-order chi connectivity index (χ0) is 17.1. The Hall–Kier alpha value is -2.21. The van der Waals surface area contributed by atoms with Gasteiger partial charge in [-0.3, -0.25) is 0 Å². The molecule has 2 aromatic rings. The maximum atomic E-state index is 12.4. The number of esters is 1. The predicted molar refractivity (Wildman–Crippen MR) is 88.7 cm³/mol. The highest BCUT2D eigenvalue weighted by molar-refractivity contribution is 5.87. The molecule has 1 aliphatic rings. The quantitative estimate of drug-likeness (QED) is 0.762. The summed E-state index contributed by atoms with van der Waals surface area (Å²) >= 11 is 0. The standard InChI is InChI=1S/C18H23N3O3/c1-12(2)23-15-9-16(10-15)24-18(22)17-11-19-20-21(17)13(3)14-7-5-4-6-8-14/h4-8,11-13,15-16H,9-10H2,1-3H3/t13-,15?,16?/m1/s1. The van der Waals surface area contributed by atoms with Crippen LogP contribution in [0.1, 0.15) is 55.7 Å². The molecule has 0 saturated heterocycles. The number of carbonyl (C=O) groups is 1. The molecule has 0 amide bonds. The van der Waals surface area contributed by atoms with Crippen molar-refractivity contribution in [3.63, 3.8) is 0 Å². The van der Waals surface area contributed by atoms with Crippen molar-refractivity contribution in [1.82, 2.24) is 15.0 Å². The lowest BCUT2D eigenvalue weighted by Gasteiger charge is -2.35. The molecule has 1 saturated carbocycles. The molecule has 128 valence electrons. The third-order valence-electron chi connectivity index (χ3n) is 4.22. The summed E-state index contributed by atoms with van der Waals surface area (Å²) in [5.74, 6) is -0.379. The molecule has 0 radical (unpaired) electrons. The molecule has 0 aliphatic heterocycles. The van der Waals surface area contributed by atoms with Crippen LogP contribution in [0.4, 0.5) is 0 Å². The number of nitrogens with zero attached hydrogens (tertiary/aromatic N) is 3. The molecule has 6 heteroatoms. The van der Waals surface area contributed by atoms with Crippen LogP contribution in [0.2, 0.25) is 0 Å². The molecule has 0 spiro atoms. The van der Waals surface area contributed by atoms with Gasteiger partial charge in [0.1, 0.15) is 6.10 Å². The molecule has 1 aliphatic carbocycles. The zero-order valence-corrected chi connectivity index (χ0v) is 14.3. The van der Waals surface area contributed by atoms with E-state index < -0.39 is 0 Å². The second kappa shape index (κ2) is 7.13. The van der Waals surface area contributed by atoms with E-state index in [0.29, 0.717) is 5.69 Å². The molecule has 0 bridgehead atoms. The van der Waals surface area contributed by atoms with Crippen LogP contribution in [0.15, 0.2) is 36.5 Å². The van der Waals surface area contributed by atoms with E-state index in [9.17, 15) is 4.79 Å². The number of ether oxygens (including phenoxy) is 2. The maximum absolute atomic E-state index is 12.4. The van der Waals surface area contributed by atoms with Crippen molar-refractivity contribution in [2.75, 3.05) is 0 Å². The number of aromatic nitrogens is 3. The first-order valence-electron chi connectivity index (χ1n) is 8.36. The lowest BCUT2D eigenvalue weighted by molar-refractivity contribution is -0.0995. The fraction of sp³-hybridized carbons (Fsp3) is 0.500. The first-order valence-corrected chi connectivity index (χ1v) is 8.36. The molecule has 1 atom stereocenters. The smallest absolute Gasteiger partial charge is 0.358 e. The molecule has 1 heterocycles. The van der Waals surface area contributed by atoms with Crippen molar-refractivity contribution >= 4 is 5.97 Å². The molecule has 24 heavy (non-hydrogen) atoms. The van der Waals surface area contributed by atoms with E-state index >= 15 is 0 Å². The third-order valence-corrected chi connectivity index (χ3v) is 4.22. The Bertz CT molecular complexity index is 678. The summed E-state index contributed by atoms with van der Waals surface area (Å²) in [4.78, 5) is 12.4. The summed E-state index contributed by atoms with van der Waals surface area (Å²) in [5.41, 5.74) is 1.44. The summed E-state index contributed by atoms with van der Waals surface area (Å²) in [6.45, 7) is 6.00. The molecule has 0 unspecified atom stereocenters. The number of hydrogen-bond donors (Lipinski definition) is 0. The Kier molecular flexibility index (Phi) is 4.94. The zero-order valence-electron chi connectivity index (χ0n) is 14.3. The largest absolute Gasteiger partial charge is 0.457 e. The Morgan fingerprint density at radius 2 is 1.88 bits per heavy atom. The average molecular weight is 329 g/mol. The predicted octanol–water partition coefficient (Wildman–Crippen LogP) is 3.00. The van der Waals surface area contributed by atoms with E-state index in [4.69, 9.17) is 9.47 Å².